The maximum atomic E-state index is 11.8. The van der Waals surface area contributed by atoms with Gasteiger partial charge in [-0.2, -0.15) is 0 Å². The minimum absolute atomic E-state index is 0.0391. The van der Waals surface area contributed by atoms with Gasteiger partial charge in [-0.3, -0.25) is 9.59 Å². The number of hydrogen-bond acceptors (Lipinski definition) is 4. The van der Waals surface area contributed by atoms with Crippen LogP contribution in [0.5, 0.6) is 0 Å². The Hall–Kier alpha value is -1.40. The molecule has 2 rings (SSSR count). The van der Waals surface area contributed by atoms with Gasteiger partial charge in [0.15, 0.2) is 0 Å². The monoisotopic (exact) mass is 295 g/mol. The van der Waals surface area contributed by atoms with E-state index in [1.807, 2.05) is 11.4 Å². The maximum absolute atomic E-state index is 11.8. The fourth-order valence-corrected chi connectivity index (χ4v) is 2.86. The second-order valence-corrected chi connectivity index (χ2v) is 5.87. The smallest absolute Gasteiger partial charge is 0.261 e. The minimum atomic E-state index is -0.0391. The molecule has 6 heteroatoms. The third kappa shape index (κ3) is 4.61. The number of carbonyl (C=O) groups excluding carboxylic acids is 2. The van der Waals surface area contributed by atoms with Crippen LogP contribution in [-0.4, -0.2) is 38.0 Å². The first-order chi connectivity index (χ1) is 9.77. The molecular weight excluding hydrogens is 274 g/mol. The molecule has 2 heterocycles. The van der Waals surface area contributed by atoms with Crippen molar-refractivity contribution in [1.29, 1.82) is 0 Å². The van der Waals surface area contributed by atoms with E-state index in [1.165, 1.54) is 11.3 Å². The van der Waals surface area contributed by atoms with Crippen LogP contribution in [0.4, 0.5) is 0 Å². The van der Waals surface area contributed by atoms with Crippen molar-refractivity contribution in [3.63, 3.8) is 0 Å². The molecule has 1 atom stereocenters. The summed E-state index contributed by atoms with van der Waals surface area (Å²) in [5, 5.41) is 10.9. The Morgan fingerprint density at radius 1 is 1.35 bits per heavy atom. The topological polar surface area (TPSA) is 70.2 Å². The van der Waals surface area contributed by atoms with E-state index < -0.39 is 0 Å². The van der Waals surface area contributed by atoms with Crippen LogP contribution in [0, 0.1) is 5.92 Å². The van der Waals surface area contributed by atoms with Crippen LogP contribution >= 0.6 is 11.3 Å². The summed E-state index contributed by atoms with van der Waals surface area (Å²) in [7, 11) is 0. The molecule has 0 radical (unpaired) electrons. The summed E-state index contributed by atoms with van der Waals surface area (Å²) in [6, 6.07) is 3.66. The van der Waals surface area contributed by atoms with Crippen LogP contribution in [0.25, 0.3) is 0 Å². The Labute approximate surface area is 123 Å². The zero-order valence-electron chi connectivity index (χ0n) is 11.5. The van der Waals surface area contributed by atoms with Crippen molar-refractivity contribution in [2.75, 3.05) is 26.2 Å². The first-order valence-electron chi connectivity index (χ1n) is 7.07. The highest BCUT2D eigenvalue weighted by Crippen LogP contribution is 2.09. The average molecular weight is 295 g/mol. The van der Waals surface area contributed by atoms with Crippen LogP contribution < -0.4 is 16.0 Å². The fourth-order valence-electron chi connectivity index (χ4n) is 2.22. The molecule has 5 nitrogen and oxygen atoms in total. The van der Waals surface area contributed by atoms with E-state index in [2.05, 4.69) is 16.0 Å². The second-order valence-electron chi connectivity index (χ2n) is 4.92. The molecule has 1 aliphatic rings. The number of amides is 2. The summed E-state index contributed by atoms with van der Waals surface area (Å²) in [5.41, 5.74) is 0. The molecule has 1 aromatic heterocycles. The molecule has 2 amide bonds. The Kier molecular flexibility index (Phi) is 6.01. The van der Waals surface area contributed by atoms with Crippen molar-refractivity contribution in [3.05, 3.63) is 22.4 Å². The highest BCUT2D eigenvalue weighted by atomic mass is 32.1. The van der Waals surface area contributed by atoms with E-state index in [0.29, 0.717) is 13.1 Å². The summed E-state index contributed by atoms with van der Waals surface area (Å²) in [4.78, 5) is 24.2. The van der Waals surface area contributed by atoms with E-state index in [0.717, 1.165) is 37.2 Å². The van der Waals surface area contributed by atoms with Crippen molar-refractivity contribution >= 4 is 23.2 Å². The number of carbonyl (C=O) groups is 2. The van der Waals surface area contributed by atoms with Gasteiger partial charge in [0.05, 0.1) is 10.8 Å². The Balaban J connectivity index is 1.55. The lowest BCUT2D eigenvalue weighted by Gasteiger charge is -2.21. The van der Waals surface area contributed by atoms with Crippen LogP contribution in [0.2, 0.25) is 0 Å². The summed E-state index contributed by atoms with van der Waals surface area (Å²) in [6.07, 6.45) is 2.78. The molecule has 0 saturated carbocycles. The molecule has 0 bridgehead atoms. The van der Waals surface area contributed by atoms with Crippen LogP contribution in [0.3, 0.4) is 0 Å². The summed E-state index contributed by atoms with van der Waals surface area (Å²) >= 11 is 1.43. The van der Waals surface area contributed by atoms with Crippen LogP contribution in [0.1, 0.15) is 28.9 Å². The Morgan fingerprint density at radius 2 is 2.20 bits per heavy atom. The van der Waals surface area contributed by atoms with Crippen LogP contribution in [0.15, 0.2) is 17.5 Å². The third-order valence-corrected chi connectivity index (χ3v) is 4.22. The molecule has 1 saturated heterocycles. The molecule has 1 aromatic rings. The van der Waals surface area contributed by atoms with E-state index in [4.69, 9.17) is 0 Å². The first kappa shape index (κ1) is 15.0. The zero-order chi connectivity index (χ0) is 14.2. The van der Waals surface area contributed by atoms with Crippen molar-refractivity contribution in [2.24, 2.45) is 5.92 Å². The number of thiophene rings is 1. The van der Waals surface area contributed by atoms with Gasteiger partial charge in [-0.15, -0.1) is 11.3 Å². The zero-order valence-corrected chi connectivity index (χ0v) is 12.3. The molecule has 0 spiro atoms. The van der Waals surface area contributed by atoms with Crippen molar-refractivity contribution in [1.82, 2.24) is 16.0 Å². The van der Waals surface area contributed by atoms with Crippen LogP contribution in [-0.2, 0) is 4.79 Å². The Morgan fingerprint density at radius 3 is 2.90 bits per heavy atom. The second kappa shape index (κ2) is 8.01. The number of piperidine rings is 1. The molecule has 20 heavy (non-hydrogen) atoms. The highest BCUT2D eigenvalue weighted by molar-refractivity contribution is 7.12. The quantitative estimate of drug-likeness (QED) is 0.685. The van der Waals surface area contributed by atoms with E-state index in [9.17, 15) is 9.59 Å². The molecular formula is C14H21N3O2S. The molecule has 0 aromatic carbocycles. The lowest BCUT2D eigenvalue weighted by atomic mass is 9.99. The molecule has 3 N–H and O–H groups in total. The van der Waals surface area contributed by atoms with Crippen molar-refractivity contribution < 1.29 is 9.59 Å². The lowest BCUT2D eigenvalue weighted by molar-refractivity contribution is -0.125. The van der Waals surface area contributed by atoms with Crippen molar-refractivity contribution in [2.45, 2.75) is 19.3 Å². The normalized spacial score (nSPS) is 18.5. The van der Waals surface area contributed by atoms with Gasteiger partial charge in [0, 0.05) is 19.6 Å². The molecule has 1 aliphatic heterocycles. The predicted octanol–water partition coefficient (Wildman–Crippen LogP) is 0.984. The van der Waals surface area contributed by atoms with Gasteiger partial charge in [-0.25, -0.2) is 0 Å². The minimum Gasteiger partial charge on any atom is -0.356 e. The lowest BCUT2D eigenvalue weighted by Crippen LogP contribution is -2.41. The highest BCUT2D eigenvalue weighted by Gasteiger charge is 2.19. The fraction of sp³-hybridized carbons (Fsp3) is 0.571. The van der Waals surface area contributed by atoms with E-state index in [-0.39, 0.29) is 17.7 Å². The number of rotatable bonds is 6. The maximum Gasteiger partial charge on any atom is 0.261 e. The predicted molar refractivity (Wildman–Crippen MR) is 79.9 cm³/mol. The molecule has 110 valence electrons. The number of hydrogen-bond donors (Lipinski definition) is 3. The van der Waals surface area contributed by atoms with Gasteiger partial charge >= 0.3 is 0 Å². The molecule has 1 unspecified atom stereocenters. The van der Waals surface area contributed by atoms with Gasteiger partial charge < -0.3 is 16.0 Å². The summed E-state index contributed by atoms with van der Waals surface area (Å²) in [6.45, 7) is 2.99. The average Bonchev–Trinajstić information content (AvgIpc) is 3.01. The van der Waals surface area contributed by atoms with Gasteiger partial charge in [0.25, 0.3) is 5.91 Å². The molecule has 1 fully saturated rings. The van der Waals surface area contributed by atoms with Gasteiger partial charge in [0.2, 0.25) is 5.91 Å². The van der Waals surface area contributed by atoms with Crippen molar-refractivity contribution in [3.8, 4) is 0 Å². The van der Waals surface area contributed by atoms with Gasteiger partial charge in [0.1, 0.15) is 0 Å². The summed E-state index contributed by atoms with van der Waals surface area (Å²) in [5.74, 6) is 0.189. The first-order valence-corrected chi connectivity index (χ1v) is 7.95. The largest absolute Gasteiger partial charge is 0.356 e. The molecule has 0 aliphatic carbocycles. The van der Waals surface area contributed by atoms with E-state index in [1.54, 1.807) is 6.07 Å². The number of nitrogens with one attached hydrogen (secondary N) is 3. The van der Waals surface area contributed by atoms with Gasteiger partial charge in [-0.05, 0) is 37.3 Å². The Bertz CT molecular complexity index is 428. The SMILES string of the molecule is O=C(NCCCNC(=O)C1CCCNC1)c1cccs1. The third-order valence-electron chi connectivity index (χ3n) is 3.35. The van der Waals surface area contributed by atoms with Gasteiger partial charge in [-0.1, -0.05) is 6.07 Å². The summed E-state index contributed by atoms with van der Waals surface area (Å²) < 4.78 is 0. The standard InChI is InChI=1S/C14H21N3O2S/c18-13(11-4-1-6-15-10-11)16-7-3-8-17-14(19)12-5-2-9-20-12/h2,5,9,11,15H,1,3-4,6-8,10H2,(H,16,18)(H,17,19). The van der Waals surface area contributed by atoms with E-state index >= 15 is 0 Å².